The highest BCUT2D eigenvalue weighted by molar-refractivity contribution is 5.36. The Balaban J connectivity index is 3.08. The Morgan fingerprint density at radius 2 is 2.50 bits per heavy atom. The van der Waals surface area contributed by atoms with Gasteiger partial charge in [-0.15, -0.1) is 0 Å². The van der Waals surface area contributed by atoms with E-state index >= 15 is 0 Å². The number of nitriles is 1. The third-order valence-electron chi connectivity index (χ3n) is 1.68. The highest BCUT2D eigenvalue weighted by Crippen LogP contribution is 2.22. The van der Waals surface area contributed by atoms with E-state index in [2.05, 4.69) is 4.98 Å². The molecule has 0 bridgehead atoms. The summed E-state index contributed by atoms with van der Waals surface area (Å²) in [6.45, 7) is 0. The van der Waals surface area contributed by atoms with Crippen LogP contribution in [0.25, 0.3) is 0 Å². The van der Waals surface area contributed by atoms with Crippen LogP contribution in [-0.4, -0.2) is 9.91 Å². The number of aromatic nitrogens is 1. The monoisotopic (exact) mass is 192 g/mol. The van der Waals surface area contributed by atoms with Crippen LogP contribution in [0.2, 0.25) is 0 Å². The van der Waals surface area contributed by atoms with E-state index in [1.807, 2.05) is 6.07 Å². The standard InChI is InChI=1S/C8H8N4O2/c9-4-3-6(10)8-7(12(13)14)2-1-5-11-8/h1-2,5-6H,3,10H2/t6-/m1/s1. The number of nitrogens with zero attached hydrogens (tertiary/aromatic N) is 3. The van der Waals surface area contributed by atoms with Crippen molar-refractivity contribution in [3.05, 3.63) is 34.1 Å². The van der Waals surface area contributed by atoms with E-state index in [1.54, 1.807) is 0 Å². The average molecular weight is 192 g/mol. The predicted molar refractivity (Wildman–Crippen MR) is 48.0 cm³/mol. The molecule has 0 spiro atoms. The lowest BCUT2D eigenvalue weighted by atomic mass is 10.1. The molecule has 0 aliphatic carbocycles. The van der Waals surface area contributed by atoms with Gasteiger partial charge in [0.1, 0.15) is 5.69 Å². The number of pyridine rings is 1. The Labute approximate surface area is 80.1 Å². The number of hydrogen-bond donors (Lipinski definition) is 1. The number of nitro groups is 1. The van der Waals surface area contributed by atoms with Crippen LogP contribution in [0.1, 0.15) is 18.2 Å². The van der Waals surface area contributed by atoms with Crippen molar-refractivity contribution in [1.29, 1.82) is 5.26 Å². The minimum Gasteiger partial charge on any atom is -0.322 e. The summed E-state index contributed by atoms with van der Waals surface area (Å²) in [6, 6.07) is 3.92. The summed E-state index contributed by atoms with van der Waals surface area (Å²) >= 11 is 0. The van der Waals surface area contributed by atoms with E-state index in [9.17, 15) is 10.1 Å². The lowest BCUT2D eigenvalue weighted by Gasteiger charge is -2.05. The normalized spacial score (nSPS) is 11.7. The van der Waals surface area contributed by atoms with E-state index in [4.69, 9.17) is 11.0 Å². The summed E-state index contributed by atoms with van der Waals surface area (Å²) in [5.74, 6) is 0. The second-order valence-corrected chi connectivity index (χ2v) is 2.63. The molecule has 6 nitrogen and oxygen atoms in total. The van der Waals surface area contributed by atoms with Gasteiger partial charge in [0.05, 0.1) is 23.5 Å². The van der Waals surface area contributed by atoms with Crippen molar-refractivity contribution in [1.82, 2.24) is 4.98 Å². The van der Waals surface area contributed by atoms with Crippen LogP contribution in [0, 0.1) is 21.4 Å². The maximum atomic E-state index is 10.6. The summed E-state index contributed by atoms with van der Waals surface area (Å²) in [4.78, 5) is 13.8. The van der Waals surface area contributed by atoms with E-state index in [-0.39, 0.29) is 17.8 Å². The van der Waals surface area contributed by atoms with Gasteiger partial charge in [-0.1, -0.05) is 0 Å². The molecule has 1 aromatic rings. The first kappa shape index (κ1) is 10.1. The zero-order valence-electron chi connectivity index (χ0n) is 7.25. The number of hydrogen-bond acceptors (Lipinski definition) is 5. The minimum atomic E-state index is -0.707. The Hall–Kier alpha value is -2.00. The van der Waals surface area contributed by atoms with Crippen molar-refractivity contribution in [2.45, 2.75) is 12.5 Å². The fourth-order valence-electron chi connectivity index (χ4n) is 1.04. The van der Waals surface area contributed by atoms with E-state index in [0.29, 0.717) is 0 Å². The fourth-order valence-corrected chi connectivity index (χ4v) is 1.04. The lowest BCUT2D eigenvalue weighted by Crippen LogP contribution is -2.13. The van der Waals surface area contributed by atoms with Crippen molar-refractivity contribution in [3.63, 3.8) is 0 Å². The van der Waals surface area contributed by atoms with Crippen LogP contribution in [0.15, 0.2) is 18.3 Å². The first-order valence-electron chi connectivity index (χ1n) is 3.88. The number of rotatable bonds is 3. The van der Waals surface area contributed by atoms with E-state index in [1.165, 1.54) is 18.3 Å². The van der Waals surface area contributed by atoms with Crippen molar-refractivity contribution >= 4 is 5.69 Å². The molecule has 0 aliphatic rings. The Bertz CT molecular complexity index is 385. The van der Waals surface area contributed by atoms with Gasteiger partial charge in [-0.05, 0) is 6.07 Å². The summed E-state index contributed by atoms with van der Waals surface area (Å²) in [6.07, 6.45) is 1.43. The van der Waals surface area contributed by atoms with Gasteiger partial charge in [0.2, 0.25) is 0 Å². The average Bonchev–Trinajstić information content (AvgIpc) is 2.18. The van der Waals surface area contributed by atoms with Gasteiger partial charge in [0, 0.05) is 12.3 Å². The zero-order valence-corrected chi connectivity index (χ0v) is 7.25. The van der Waals surface area contributed by atoms with Gasteiger partial charge in [-0.3, -0.25) is 15.1 Å². The molecule has 0 saturated carbocycles. The minimum absolute atomic E-state index is 0.0118. The molecule has 0 saturated heterocycles. The molecule has 2 N–H and O–H groups in total. The van der Waals surface area contributed by atoms with Gasteiger partial charge in [0.25, 0.3) is 5.69 Å². The van der Waals surface area contributed by atoms with Crippen LogP contribution < -0.4 is 5.73 Å². The quantitative estimate of drug-likeness (QED) is 0.565. The van der Waals surface area contributed by atoms with Crippen LogP contribution in [0.4, 0.5) is 5.69 Å². The van der Waals surface area contributed by atoms with Crippen molar-refractivity contribution < 1.29 is 4.92 Å². The van der Waals surface area contributed by atoms with E-state index in [0.717, 1.165) is 0 Å². The fraction of sp³-hybridized carbons (Fsp3) is 0.250. The molecule has 1 atom stereocenters. The summed E-state index contributed by atoms with van der Waals surface area (Å²) < 4.78 is 0. The first-order valence-corrected chi connectivity index (χ1v) is 3.88. The maximum Gasteiger partial charge on any atom is 0.292 e. The largest absolute Gasteiger partial charge is 0.322 e. The van der Waals surface area contributed by atoms with Crippen molar-refractivity contribution in [2.75, 3.05) is 0 Å². The topological polar surface area (TPSA) is 106 Å². The molecule has 72 valence electrons. The third-order valence-corrected chi connectivity index (χ3v) is 1.68. The second kappa shape index (κ2) is 4.30. The molecule has 1 aromatic heterocycles. The first-order chi connectivity index (χ1) is 6.66. The van der Waals surface area contributed by atoms with Crippen LogP contribution in [0.3, 0.4) is 0 Å². The summed E-state index contributed by atoms with van der Waals surface area (Å²) in [7, 11) is 0. The van der Waals surface area contributed by atoms with Crippen molar-refractivity contribution in [3.8, 4) is 6.07 Å². The maximum absolute atomic E-state index is 10.6. The molecule has 0 unspecified atom stereocenters. The molecule has 0 aromatic carbocycles. The Kier molecular flexibility index (Phi) is 3.09. The molecule has 0 aliphatic heterocycles. The highest BCUT2D eigenvalue weighted by atomic mass is 16.6. The molecule has 0 amide bonds. The lowest BCUT2D eigenvalue weighted by molar-refractivity contribution is -0.386. The zero-order chi connectivity index (χ0) is 10.6. The molecule has 1 heterocycles. The predicted octanol–water partition coefficient (Wildman–Crippen LogP) is 0.903. The van der Waals surface area contributed by atoms with Gasteiger partial charge in [0.15, 0.2) is 0 Å². The van der Waals surface area contributed by atoms with Gasteiger partial charge >= 0.3 is 0 Å². The SMILES string of the molecule is N#CC[C@@H](N)c1ncccc1[N+](=O)[O-]. The summed E-state index contributed by atoms with van der Waals surface area (Å²) in [5.41, 5.74) is 5.56. The smallest absolute Gasteiger partial charge is 0.292 e. The summed E-state index contributed by atoms with van der Waals surface area (Å²) in [5, 5.41) is 19.0. The Morgan fingerprint density at radius 3 is 3.07 bits per heavy atom. The van der Waals surface area contributed by atoms with Crippen LogP contribution >= 0.6 is 0 Å². The van der Waals surface area contributed by atoms with Crippen molar-refractivity contribution in [2.24, 2.45) is 5.73 Å². The van der Waals surface area contributed by atoms with Gasteiger partial charge in [-0.2, -0.15) is 5.26 Å². The molecular weight excluding hydrogens is 184 g/mol. The van der Waals surface area contributed by atoms with Crippen LogP contribution in [0.5, 0.6) is 0 Å². The highest BCUT2D eigenvalue weighted by Gasteiger charge is 2.19. The molecule has 6 heteroatoms. The Morgan fingerprint density at radius 1 is 1.79 bits per heavy atom. The second-order valence-electron chi connectivity index (χ2n) is 2.63. The molecule has 0 radical (unpaired) electrons. The van der Waals surface area contributed by atoms with Crippen LogP contribution in [-0.2, 0) is 0 Å². The number of nitrogens with two attached hydrogens (primary N) is 1. The molecule has 1 rings (SSSR count). The van der Waals surface area contributed by atoms with E-state index < -0.39 is 11.0 Å². The molecule has 0 fully saturated rings. The van der Waals surface area contributed by atoms with Gasteiger partial charge in [-0.25, -0.2) is 0 Å². The molecule has 14 heavy (non-hydrogen) atoms. The molecular formula is C8H8N4O2. The third kappa shape index (κ3) is 2.02. The van der Waals surface area contributed by atoms with Gasteiger partial charge < -0.3 is 5.73 Å².